The topological polar surface area (TPSA) is 79.2 Å². The van der Waals surface area contributed by atoms with Crippen LogP contribution in [0.2, 0.25) is 0 Å². The van der Waals surface area contributed by atoms with Gasteiger partial charge in [0.2, 0.25) is 5.88 Å². The number of benzene rings is 1. The van der Waals surface area contributed by atoms with Gasteiger partial charge in [-0.1, -0.05) is 13.0 Å². The Balaban J connectivity index is 1.69. The Morgan fingerprint density at radius 2 is 2.03 bits per heavy atom. The number of hydrogen-bond acceptors (Lipinski definition) is 5. The summed E-state index contributed by atoms with van der Waals surface area (Å²) in [4.78, 5) is 11.2. The maximum atomic E-state index is 9.81. The lowest BCUT2D eigenvalue weighted by atomic mass is 10.2. The summed E-state index contributed by atoms with van der Waals surface area (Å²) >= 11 is 0. The predicted molar refractivity (Wildman–Crippen MR) is 114 cm³/mol. The van der Waals surface area contributed by atoms with Gasteiger partial charge in [-0.25, -0.2) is 9.98 Å². The minimum Gasteiger partial charge on any atom is -0.494 e. The fourth-order valence-electron chi connectivity index (χ4n) is 3.09. The second-order valence-corrected chi connectivity index (χ2v) is 6.95. The van der Waals surface area contributed by atoms with Crippen LogP contribution >= 0.6 is 0 Å². The number of nitrogens with one attached hydrogen (secondary N) is 1. The van der Waals surface area contributed by atoms with Crippen LogP contribution in [-0.2, 0) is 6.54 Å². The van der Waals surface area contributed by atoms with E-state index in [9.17, 15) is 5.11 Å². The van der Waals surface area contributed by atoms with Crippen LogP contribution in [-0.4, -0.2) is 53.3 Å². The molecule has 0 saturated carbocycles. The molecule has 2 aromatic rings. The maximum absolute atomic E-state index is 9.81. The quantitative estimate of drug-likeness (QED) is 0.525. The molecule has 0 spiro atoms. The molecule has 2 heterocycles. The van der Waals surface area contributed by atoms with Crippen molar-refractivity contribution < 1.29 is 14.6 Å². The normalized spacial score (nSPS) is 16.7. The van der Waals surface area contributed by atoms with Gasteiger partial charge in [0.1, 0.15) is 11.5 Å². The molecule has 29 heavy (non-hydrogen) atoms. The molecule has 1 aromatic carbocycles. The molecule has 1 saturated heterocycles. The molecule has 156 valence electrons. The number of nitrogens with zero attached hydrogens (tertiary/aromatic N) is 3. The van der Waals surface area contributed by atoms with Gasteiger partial charge in [0, 0.05) is 31.4 Å². The average molecular weight is 399 g/mol. The lowest BCUT2D eigenvalue weighted by Crippen LogP contribution is -2.40. The van der Waals surface area contributed by atoms with Gasteiger partial charge >= 0.3 is 0 Å². The summed E-state index contributed by atoms with van der Waals surface area (Å²) in [5.41, 5.74) is 0.897. The van der Waals surface area contributed by atoms with Crippen LogP contribution in [0.1, 0.15) is 32.3 Å². The number of pyridine rings is 1. The molecular weight excluding hydrogens is 368 g/mol. The molecule has 1 atom stereocenters. The van der Waals surface area contributed by atoms with Gasteiger partial charge in [-0.3, -0.25) is 0 Å². The van der Waals surface area contributed by atoms with Crippen LogP contribution in [0.25, 0.3) is 0 Å². The number of guanidine groups is 1. The highest BCUT2D eigenvalue weighted by Gasteiger charge is 2.22. The minimum absolute atomic E-state index is 0.291. The second kappa shape index (κ2) is 10.7. The van der Waals surface area contributed by atoms with E-state index in [1.54, 1.807) is 6.20 Å². The zero-order valence-corrected chi connectivity index (χ0v) is 17.2. The first-order chi connectivity index (χ1) is 14.2. The monoisotopic (exact) mass is 398 g/mol. The van der Waals surface area contributed by atoms with Gasteiger partial charge in [0.15, 0.2) is 5.96 Å². The van der Waals surface area contributed by atoms with Gasteiger partial charge in [-0.15, -0.1) is 0 Å². The van der Waals surface area contributed by atoms with Crippen molar-refractivity contribution in [2.45, 2.75) is 39.3 Å². The number of aromatic nitrogens is 1. The predicted octanol–water partition coefficient (Wildman–Crippen LogP) is 3.19. The van der Waals surface area contributed by atoms with E-state index < -0.39 is 0 Å². The van der Waals surface area contributed by atoms with Crippen LogP contribution in [0.5, 0.6) is 17.4 Å². The molecule has 0 amide bonds. The number of ether oxygens (including phenoxy) is 2. The molecule has 1 aliphatic heterocycles. The van der Waals surface area contributed by atoms with Crippen molar-refractivity contribution in [1.29, 1.82) is 0 Å². The van der Waals surface area contributed by atoms with Crippen molar-refractivity contribution in [1.82, 2.24) is 15.2 Å². The van der Waals surface area contributed by atoms with E-state index in [0.29, 0.717) is 31.3 Å². The van der Waals surface area contributed by atoms with Crippen molar-refractivity contribution >= 4 is 5.96 Å². The minimum atomic E-state index is -0.291. The van der Waals surface area contributed by atoms with E-state index in [2.05, 4.69) is 22.1 Å². The van der Waals surface area contributed by atoms with E-state index in [1.165, 1.54) is 0 Å². The second-order valence-electron chi connectivity index (χ2n) is 6.95. The van der Waals surface area contributed by atoms with Crippen LogP contribution in [0.15, 0.2) is 47.6 Å². The maximum Gasteiger partial charge on any atom is 0.224 e. The van der Waals surface area contributed by atoms with Crippen molar-refractivity contribution in [2.75, 3.05) is 26.2 Å². The van der Waals surface area contributed by atoms with Gasteiger partial charge < -0.3 is 24.8 Å². The molecule has 0 radical (unpaired) electrons. The molecular formula is C22H30N4O3. The smallest absolute Gasteiger partial charge is 0.224 e. The molecule has 7 nitrogen and oxygen atoms in total. The first-order valence-corrected chi connectivity index (χ1v) is 10.3. The fourth-order valence-corrected chi connectivity index (χ4v) is 3.09. The van der Waals surface area contributed by atoms with Gasteiger partial charge in [-0.2, -0.15) is 0 Å². The van der Waals surface area contributed by atoms with Crippen LogP contribution in [0.3, 0.4) is 0 Å². The van der Waals surface area contributed by atoms with Crippen molar-refractivity contribution in [3.63, 3.8) is 0 Å². The lowest BCUT2D eigenvalue weighted by Gasteiger charge is -2.21. The fraction of sp³-hybridized carbons (Fsp3) is 0.455. The summed E-state index contributed by atoms with van der Waals surface area (Å²) < 4.78 is 11.6. The number of aliphatic hydroxyl groups excluding tert-OH is 1. The number of aliphatic imine (C=N–C) groups is 1. The SMILES string of the molecule is CCCOc1ccc(Oc2ncccc2CN=C(NCC)N2CC[C@@H](O)C2)cc1. The molecule has 7 heteroatoms. The standard InChI is InChI=1S/C22H30N4O3/c1-3-14-28-19-7-9-20(10-8-19)29-21-17(6-5-12-24-21)15-25-22(23-4-2)26-13-11-18(27)16-26/h5-10,12,18,27H,3-4,11,13-16H2,1-2H3,(H,23,25)/t18-/m1/s1. The number of likely N-dealkylation sites (tertiary alicyclic amines) is 1. The Kier molecular flexibility index (Phi) is 7.69. The van der Waals surface area contributed by atoms with Crippen LogP contribution < -0.4 is 14.8 Å². The number of hydrogen-bond donors (Lipinski definition) is 2. The Morgan fingerprint density at radius 3 is 2.72 bits per heavy atom. The molecule has 3 rings (SSSR count). The third-order valence-electron chi connectivity index (χ3n) is 4.56. The van der Waals surface area contributed by atoms with Gasteiger partial charge in [-0.05, 0) is 50.1 Å². The van der Waals surface area contributed by atoms with E-state index in [1.807, 2.05) is 43.3 Å². The molecule has 0 bridgehead atoms. The number of β-amino-alcohol motifs (C(OH)–C–C–N with tert-alkyl or cyclic N) is 1. The summed E-state index contributed by atoms with van der Waals surface area (Å²) in [6.45, 7) is 7.43. The van der Waals surface area contributed by atoms with Gasteiger partial charge in [0.25, 0.3) is 0 Å². The van der Waals surface area contributed by atoms with Gasteiger partial charge in [0.05, 0.1) is 19.3 Å². The Hall–Kier alpha value is -2.80. The van der Waals surface area contributed by atoms with E-state index >= 15 is 0 Å². The molecule has 1 fully saturated rings. The number of aliphatic hydroxyl groups is 1. The summed E-state index contributed by atoms with van der Waals surface area (Å²) in [6, 6.07) is 11.4. The summed E-state index contributed by atoms with van der Waals surface area (Å²) in [5.74, 6) is 2.87. The Labute approximate surface area is 172 Å². The zero-order valence-electron chi connectivity index (χ0n) is 17.2. The molecule has 1 aromatic heterocycles. The van der Waals surface area contributed by atoms with Crippen molar-refractivity contribution in [2.24, 2.45) is 4.99 Å². The third kappa shape index (κ3) is 6.09. The highest BCUT2D eigenvalue weighted by Crippen LogP contribution is 2.25. The Morgan fingerprint density at radius 1 is 1.24 bits per heavy atom. The highest BCUT2D eigenvalue weighted by molar-refractivity contribution is 5.80. The average Bonchev–Trinajstić information content (AvgIpc) is 3.17. The first-order valence-electron chi connectivity index (χ1n) is 10.3. The molecule has 0 unspecified atom stereocenters. The van der Waals surface area contributed by atoms with Crippen molar-refractivity contribution in [3.8, 4) is 17.4 Å². The van der Waals surface area contributed by atoms with Crippen LogP contribution in [0.4, 0.5) is 0 Å². The largest absolute Gasteiger partial charge is 0.494 e. The lowest BCUT2D eigenvalue weighted by molar-refractivity contribution is 0.188. The third-order valence-corrected chi connectivity index (χ3v) is 4.56. The first kappa shape index (κ1) is 20.9. The van der Waals surface area contributed by atoms with Crippen molar-refractivity contribution in [3.05, 3.63) is 48.2 Å². The van der Waals surface area contributed by atoms with E-state index in [-0.39, 0.29) is 6.10 Å². The van der Waals surface area contributed by atoms with Crippen LogP contribution in [0, 0.1) is 0 Å². The number of rotatable bonds is 8. The summed E-state index contributed by atoms with van der Waals surface area (Å²) in [5, 5.41) is 13.1. The molecule has 1 aliphatic rings. The Bertz CT molecular complexity index is 795. The molecule has 0 aliphatic carbocycles. The summed E-state index contributed by atoms with van der Waals surface area (Å²) in [7, 11) is 0. The highest BCUT2D eigenvalue weighted by atomic mass is 16.5. The zero-order chi connectivity index (χ0) is 20.5. The molecule has 2 N–H and O–H groups in total. The summed E-state index contributed by atoms with van der Waals surface area (Å²) in [6.07, 6.45) is 3.16. The van der Waals surface area contributed by atoms with E-state index in [4.69, 9.17) is 14.5 Å². The van der Waals surface area contributed by atoms with E-state index in [0.717, 1.165) is 43.2 Å².